The molecule has 6 nitrogen and oxygen atoms in total. The SMILES string of the molecule is CC1(C)C2=C(C(=O)c3ccc(C4CCN(S(N)(=O)=O)CC4)cc31)c1ccc(C#N)cc1C2. The van der Waals surface area contributed by atoms with Crippen LogP contribution in [0.3, 0.4) is 0 Å². The molecule has 2 aliphatic carbocycles. The van der Waals surface area contributed by atoms with Gasteiger partial charge in [0.25, 0.3) is 10.2 Å². The summed E-state index contributed by atoms with van der Waals surface area (Å²) in [6.45, 7) is 5.15. The number of hydrogen-bond donors (Lipinski definition) is 1. The van der Waals surface area contributed by atoms with Gasteiger partial charge in [0.15, 0.2) is 5.78 Å². The van der Waals surface area contributed by atoms with Crippen molar-refractivity contribution in [2.24, 2.45) is 5.14 Å². The highest BCUT2D eigenvalue weighted by atomic mass is 32.2. The Hall–Kier alpha value is -2.79. The average Bonchev–Trinajstić information content (AvgIpc) is 3.17. The fraction of sp³-hybridized carbons (Fsp3) is 0.360. The number of carbonyl (C=O) groups is 1. The molecule has 2 aromatic carbocycles. The third kappa shape index (κ3) is 3.14. The summed E-state index contributed by atoms with van der Waals surface area (Å²) in [6.07, 6.45) is 2.09. The van der Waals surface area contributed by atoms with Crippen LogP contribution in [0.4, 0.5) is 0 Å². The number of hydrogen-bond acceptors (Lipinski definition) is 4. The predicted octanol–water partition coefficient (Wildman–Crippen LogP) is 3.42. The molecule has 0 amide bonds. The maximum atomic E-state index is 13.5. The lowest BCUT2D eigenvalue weighted by Gasteiger charge is -2.36. The standard InChI is InChI=1S/C25H25N3O3S/c1-25(2)21-12-17(16-7-9-28(10-8-16)32(27,30)31)4-6-20(21)24(29)23-19-5-3-15(14-26)11-18(19)13-22(23)25/h3-6,11-12,16H,7-10,13H2,1-2H3,(H2,27,30,31). The number of nitriles is 1. The molecule has 0 spiro atoms. The van der Waals surface area contributed by atoms with E-state index < -0.39 is 10.2 Å². The molecule has 32 heavy (non-hydrogen) atoms. The van der Waals surface area contributed by atoms with Gasteiger partial charge in [0.1, 0.15) is 0 Å². The summed E-state index contributed by atoms with van der Waals surface area (Å²) in [7, 11) is -3.65. The zero-order valence-electron chi connectivity index (χ0n) is 18.2. The van der Waals surface area contributed by atoms with Gasteiger partial charge in [0.2, 0.25) is 0 Å². The van der Waals surface area contributed by atoms with E-state index in [1.807, 2.05) is 24.3 Å². The minimum atomic E-state index is -3.65. The van der Waals surface area contributed by atoms with Crippen molar-refractivity contribution in [2.75, 3.05) is 13.1 Å². The summed E-state index contributed by atoms with van der Waals surface area (Å²) in [6, 6.07) is 13.9. The molecule has 5 rings (SSSR count). The van der Waals surface area contributed by atoms with E-state index in [1.165, 1.54) is 4.31 Å². The van der Waals surface area contributed by atoms with E-state index in [0.29, 0.717) is 37.9 Å². The van der Waals surface area contributed by atoms with Crippen molar-refractivity contribution in [1.29, 1.82) is 5.26 Å². The van der Waals surface area contributed by atoms with Gasteiger partial charge in [-0.15, -0.1) is 0 Å². The molecule has 1 fully saturated rings. The second-order valence-corrected chi connectivity index (χ2v) is 11.0. The maximum Gasteiger partial charge on any atom is 0.276 e. The van der Waals surface area contributed by atoms with Crippen molar-refractivity contribution in [1.82, 2.24) is 4.31 Å². The predicted molar refractivity (Wildman–Crippen MR) is 122 cm³/mol. The van der Waals surface area contributed by atoms with Crippen molar-refractivity contribution in [3.8, 4) is 6.07 Å². The van der Waals surface area contributed by atoms with E-state index in [0.717, 1.165) is 39.0 Å². The molecular weight excluding hydrogens is 422 g/mol. The van der Waals surface area contributed by atoms with E-state index in [2.05, 4.69) is 26.0 Å². The van der Waals surface area contributed by atoms with Crippen LogP contribution in [-0.2, 0) is 22.0 Å². The quantitative estimate of drug-likeness (QED) is 0.761. The fourth-order valence-electron chi connectivity index (χ4n) is 5.56. The molecule has 2 aromatic rings. The van der Waals surface area contributed by atoms with Crippen molar-refractivity contribution in [3.63, 3.8) is 0 Å². The molecule has 3 aliphatic rings. The van der Waals surface area contributed by atoms with Crippen molar-refractivity contribution >= 4 is 21.6 Å². The minimum absolute atomic E-state index is 0.0494. The second-order valence-electron chi connectivity index (χ2n) is 9.49. The van der Waals surface area contributed by atoms with Crippen LogP contribution in [0, 0.1) is 11.3 Å². The molecule has 1 aliphatic heterocycles. The molecule has 0 radical (unpaired) electrons. The number of allylic oxidation sites excluding steroid dienone is 2. The fourth-order valence-corrected chi connectivity index (χ4v) is 6.28. The van der Waals surface area contributed by atoms with Gasteiger partial charge >= 0.3 is 0 Å². The van der Waals surface area contributed by atoms with E-state index in [9.17, 15) is 18.5 Å². The van der Waals surface area contributed by atoms with Gasteiger partial charge in [0, 0.05) is 29.6 Å². The van der Waals surface area contributed by atoms with Gasteiger partial charge in [0.05, 0.1) is 11.6 Å². The van der Waals surface area contributed by atoms with Crippen molar-refractivity contribution in [2.45, 2.75) is 44.4 Å². The normalized spacial score (nSPS) is 20.5. The van der Waals surface area contributed by atoms with Crippen molar-refractivity contribution in [3.05, 3.63) is 75.4 Å². The third-order valence-electron chi connectivity index (χ3n) is 7.40. The van der Waals surface area contributed by atoms with Crippen LogP contribution in [-0.4, -0.2) is 31.6 Å². The summed E-state index contributed by atoms with van der Waals surface area (Å²) < 4.78 is 24.6. The van der Waals surface area contributed by atoms with Gasteiger partial charge in [-0.1, -0.05) is 38.1 Å². The molecule has 0 saturated carbocycles. The smallest absolute Gasteiger partial charge is 0.276 e. The summed E-state index contributed by atoms with van der Waals surface area (Å²) in [5.74, 6) is 0.284. The van der Waals surface area contributed by atoms with Crippen molar-refractivity contribution < 1.29 is 13.2 Å². The second kappa shape index (κ2) is 7.11. The number of nitrogens with two attached hydrogens (primary N) is 1. The Morgan fingerprint density at radius 1 is 1.09 bits per heavy atom. The molecule has 2 N–H and O–H groups in total. The Labute approximate surface area is 188 Å². The number of rotatable bonds is 2. The Bertz CT molecular complexity index is 1340. The summed E-state index contributed by atoms with van der Waals surface area (Å²) >= 11 is 0. The summed E-state index contributed by atoms with van der Waals surface area (Å²) in [5, 5.41) is 14.5. The lowest BCUT2D eigenvalue weighted by Crippen LogP contribution is -2.41. The molecular formula is C25H25N3O3S. The van der Waals surface area contributed by atoms with Crippen LogP contribution in [0.25, 0.3) is 5.57 Å². The van der Waals surface area contributed by atoms with Crippen LogP contribution in [0.5, 0.6) is 0 Å². The van der Waals surface area contributed by atoms with Gasteiger partial charge in [-0.3, -0.25) is 4.79 Å². The molecule has 1 saturated heterocycles. The molecule has 1 heterocycles. The van der Waals surface area contributed by atoms with E-state index in [1.54, 1.807) is 6.07 Å². The lowest BCUT2D eigenvalue weighted by atomic mass is 9.67. The highest BCUT2D eigenvalue weighted by Gasteiger charge is 2.43. The molecule has 0 bridgehead atoms. The van der Waals surface area contributed by atoms with E-state index in [-0.39, 0.29) is 17.1 Å². The number of Topliss-reactive ketones (excluding diaryl/α,β-unsaturated/α-hetero) is 1. The van der Waals surface area contributed by atoms with Crippen LogP contribution in [0.1, 0.15) is 70.8 Å². The van der Waals surface area contributed by atoms with Crippen LogP contribution in [0.2, 0.25) is 0 Å². The monoisotopic (exact) mass is 447 g/mol. The Balaban J connectivity index is 1.50. The van der Waals surface area contributed by atoms with Gasteiger partial charge in [-0.25, -0.2) is 5.14 Å². The number of nitrogens with zero attached hydrogens (tertiary/aromatic N) is 2. The first-order chi connectivity index (χ1) is 15.1. The van der Waals surface area contributed by atoms with E-state index in [4.69, 9.17) is 5.14 Å². The summed E-state index contributed by atoms with van der Waals surface area (Å²) in [4.78, 5) is 13.5. The third-order valence-corrected chi connectivity index (χ3v) is 8.49. The molecule has 0 atom stereocenters. The van der Waals surface area contributed by atoms with E-state index >= 15 is 0 Å². The highest BCUT2D eigenvalue weighted by molar-refractivity contribution is 7.86. The highest BCUT2D eigenvalue weighted by Crippen LogP contribution is 2.50. The Morgan fingerprint density at radius 2 is 1.78 bits per heavy atom. The van der Waals surface area contributed by atoms with Gasteiger partial charge in [-0.2, -0.15) is 18.0 Å². The maximum absolute atomic E-state index is 13.5. The number of carbonyl (C=O) groups excluding carboxylic acids is 1. The topological polar surface area (TPSA) is 104 Å². The first-order valence-corrected chi connectivity index (χ1v) is 12.4. The van der Waals surface area contributed by atoms with Crippen LogP contribution >= 0.6 is 0 Å². The molecule has 0 aromatic heterocycles. The summed E-state index contributed by atoms with van der Waals surface area (Å²) in [5.41, 5.74) is 7.09. The first kappa shape index (κ1) is 21.1. The zero-order chi connectivity index (χ0) is 22.8. The molecule has 164 valence electrons. The zero-order valence-corrected chi connectivity index (χ0v) is 19.0. The van der Waals surface area contributed by atoms with Gasteiger partial charge in [-0.05, 0) is 65.1 Å². The Morgan fingerprint density at radius 3 is 2.44 bits per heavy atom. The lowest BCUT2D eigenvalue weighted by molar-refractivity contribution is 0.105. The Kier molecular flexibility index (Phi) is 4.68. The number of ketones is 1. The molecule has 7 heteroatoms. The van der Waals surface area contributed by atoms with Gasteiger partial charge < -0.3 is 0 Å². The van der Waals surface area contributed by atoms with Crippen LogP contribution < -0.4 is 5.14 Å². The number of piperidine rings is 1. The van der Waals surface area contributed by atoms with Crippen LogP contribution in [0.15, 0.2) is 42.0 Å². The first-order valence-electron chi connectivity index (χ1n) is 10.9. The number of benzene rings is 2. The minimum Gasteiger partial charge on any atom is -0.289 e. The molecule has 0 unspecified atom stereocenters. The average molecular weight is 448 g/mol. The largest absolute Gasteiger partial charge is 0.289 e. The number of fused-ring (bicyclic) bond motifs is 3.